The Hall–Kier alpha value is -0.410. The fourth-order valence-corrected chi connectivity index (χ4v) is 4.21. The summed E-state index contributed by atoms with van der Waals surface area (Å²) in [4.78, 5) is 0. The minimum absolute atomic E-state index is 0.148. The van der Waals surface area contributed by atoms with Gasteiger partial charge in [-0.1, -0.05) is 49.2 Å². The third-order valence-electron chi connectivity index (χ3n) is 4.78. The standard InChI is InChI=1S/C17H25BrFN/c1-11(2)15-7-4-12(3)9-17(15,20)10-13-5-6-14(18)8-16(13)19/h5-6,8,11-12,15H,4,7,9-10,20H2,1-3H3. The molecule has 112 valence electrons. The van der Waals surface area contributed by atoms with Crippen molar-refractivity contribution in [3.63, 3.8) is 0 Å². The van der Waals surface area contributed by atoms with E-state index in [1.165, 1.54) is 12.5 Å². The Labute approximate surface area is 130 Å². The zero-order chi connectivity index (χ0) is 14.9. The maximum Gasteiger partial charge on any atom is 0.127 e. The van der Waals surface area contributed by atoms with Gasteiger partial charge in [0.2, 0.25) is 0 Å². The van der Waals surface area contributed by atoms with Crippen LogP contribution in [-0.4, -0.2) is 5.54 Å². The fourth-order valence-electron chi connectivity index (χ4n) is 3.87. The second-order valence-electron chi connectivity index (χ2n) is 6.88. The fraction of sp³-hybridized carbons (Fsp3) is 0.647. The van der Waals surface area contributed by atoms with Gasteiger partial charge >= 0.3 is 0 Å². The highest BCUT2D eigenvalue weighted by Crippen LogP contribution is 2.41. The lowest BCUT2D eigenvalue weighted by atomic mass is 9.63. The third kappa shape index (κ3) is 3.43. The molecule has 1 fully saturated rings. The Balaban J connectivity index is 2.26. The van der Waals surface area contributed by atoms with Crippen LogP contribution in [0.25, 0.3) is 0 Å². The Morgan fingerprint density at radius 2 is 2.10 bits per heavy atom. The molecule has 0 radical (unpaired) electrons. The molecule has 0 amide bonds. The molecule has 0 saturated heterocycles. The summed E-state index contributed by atoms with van der Waals surface area (Å²) >= 11 is 3.31. The van der Waals surface area contributed by atoms with Gasteiger partial charge < -0.3 is 5.73 Å². The van der Waals surface area contributed by atoms with Crippen molar-refractivity contribution in [1.82, 2.24) is 0 Å². The molecule has 0 spiro atoms. The van der Waals surface area contributed by atoms with Gasteiger partial charge in [0.15, 0.2) is 0 Å². The summed E-state index contributed by atoms with van der Waals surface area (Å²) in [6, 6.07) is 5.30. The highest BCUT2D eigenvalue weighted by atomic mass is 79.9. The quantitative estimate of drug-likeness (QED) is 0.829. The molecule has 0 aliphatic heterocycles. The zero-order valence-electron chi connectivity index (χ0n) is 12.6. The van der Waals surface area contributed by atoms with Crippen molar-refractivity contribution in [2.75, 3.05) is 0 Å². The second kappa shape index (κ2) is 6.15. The molecular formula is C17H25BrFN. The summed E-state index contributed by atoms with van der Waals surface area (Å²) in [5, 5.41) is 0. The molecule has 1 aromatic carbocycles. The highest BCUT2D eigenvalue weighted by Gasteiger charge is 2.41. The van der Waals surface area contributed by atoms with Crippen molar-refractivity contribution < 1.29 is 4.39 Å². The second-order valence-corrected chi connectivity index (χ2v) is 7.80. The maximum atomic E-state index is 14.1. The van der Waals surface area contributed by atoms with Gasteiger partial charge in [0, 0.05) is 10.0 Å². The first kappa shape index (κ1) is 16.0. The first-order valence-corrected chi connectivity index (χ1v) is 8.34. The molecule has 2 rings (SSSR count). The predicted octanol–water partition coefficient (Wildman–Crippen LogP) is 4.92. The van der Waals surface area contributed by atoms with Crippen LogP contribution in [0.5, 0.6) is 0 Å². The largest absolute Gasteiger partial charge is 0.325 e. The van der Waals surface area contributed by atoms with Crippen LogP contribution in [0.15, 0.2) is 22.7 Å². The van der Waals surface area contributed by atoms with Crippen molar-refractivity contribution in [1.29, 1.82) is 0 Å². The summed E-state index contributed by atoms with van der Waals surface area (Å²) < 4.78 is 14.9. The number of rotatable bonds is 3. The SMILES string of the molecule is CC1CCC(C(C)C)C(N)(Cc2ccc(Br)cc2F)C1. The smallest absolute Gasteiger partial charge is 0.127 e. The molecule has 1 aliphatic carbocycles. The van der Waals surface area contributed by atoms with Gasteiger partial charge in [-0.3, -0.25) is 0 Å². The van der Waals surface area contributed by atoms with Crippen molar-refractivity contribution in [3.8, 4) is 0 Å². The maximum absolute atomic E-state index is 14.1. The van der Waals surface area contributed by atoms with Crippen molar-refractivity contribution in [3.05, 3.63) is 34.1 Å². The normalized spacial score (nSPS) is 30.8. The van der Waals surface area contributed by atoms with Gasteiger partial charge in [0.25, 0.3) is 0 Å². The van der Waals surface area contributed by atoms with Gasteiger partial charge in [-0.2, -0.15) is 0 Å². The van der Waals surface area contributed by atoms with E-state index in [4.69, 9.17) is 5.73 Å². The molecule has 1 saturated carbocycles. The molecule has 1 aromatic rings. The van der Waals surface area contributed by atoms with Crippen LogP contribution in [0.2, 0.25) is 0 Å². The topological polar surface area (TPSA) is 26.0 Å². The molecule has 2 N–H and O–H groups in total. The van der Waals surface area contributed by atoms with Crippen molar-refractivity contribution in [2.24, 2.45) is 23.5 Å². The van der Waals surface area contributed by atoms with Crippen molar-refractivity contribution in [2.45, 2.75) is 52.0 Å². The zero-order valence-corrected chi connectivity index (χ0v) is 14.2. The molecule has 20 heavy (non-hydrogen) atoms. The molecule has 1 nitrogen and oxygen atoms in total. The molecule has 0 bridgehead atoms. The van der Waals surface area contributed by atoms with E-state index < -0.39 is 0 Å². The van der Waals surface area contributed by atoms with E-state index in [1.54, 1.807) is 0 Å². The Kier molecular flexibility index (Phi) is 4.91. The minimum atomic E-state index is -0.277. The predicted molar refractivity (Wildman–Crippen MR) is 86.1 cm³/mol. The van der Waals surface area contributed by atoms with E-state index in [0.717, 1.165) is 22.9 Å². The van der Waals surface area contributed by atoms with Crippen molar-refractivity contribution >= 4 is 15.9 Å². The average Bonchev–Trinajstić information content (AvgIpc) is 2.32. The van der Waals surface area contributed by atoms with E-state index in [0.29, 0.717) is 24.2 Å². The molecule has 3 unspecified atom stereocenters. The van der Waals surface area contributed by atoms with E-state index in [2.05, 4.69) is 36.7 Å². The van der Waals surface area contributed by atoms with Gasteiger partial charge in [-0.25, -0.2) is 4.39 Å². The Morgan fingerprint density at radius 3 is 2.70 bits per heavy atom. The number of hydrogen-bond acceptors (Lipinski definition) is 1. The minimum Gasteiger partial charge on any atom is -0.325 e. The molecule has 3 atom stereocenters. The van der Waals surface area contributed by atoms with Gasteiger partial charge in [0.1, 0.15) is 5.82 Å². The molecular weight excluding hydrogens is 317 g/mol. The number of halogens is 2. The average molecular weight is 342 g/mol. The van der Waals surface area contributed by atoms with Gasteiger partial charge in [-0.05, 0) is 54.7 Å². The lowest BCUT2D eigenvalue weighted by molar-refractivity contribution is 0.108. The summed E-state index contributed by atoms with van der Waals surface area (Å²) in [5.41, 5.74) is 7.22. The molecule has 1 aliphatic rings. The molecule has 3 heteroatoms. The van der Waals surface area contributed by atoms with Crippen LogP contribution in [0, 0.1) is 23.6 Å². The highest BCUT2D eigenvalue weighted by molar-refractivity contribution is 9.10. The van der Waals surface area contributed by atoms with Crippen LogP contribution < -0.4 is 5.73 Å². The van der Waals surface area contributed by atoms with Crippen LogP contribution in [-0.2, 0) is 6.42 Å². The monoisotopic (exact) mass is 341 g/mol. The third-order valence-corrected chi connectivity index (χ3v) is 5.27. The van der Waals surface area contributed by atoms with E-state index in [9.17, 15) is 4.39 Å². The van der Waals surface area contributed by atoms with Crippen LogP contribution in [0.3, 0.4) is 0 Å². The van der Waals surface area contributed by atoms with Crippen LogP contribution >= 0.6 is 15.9 Å². The summed E-state index contributed by atoms with van der Waals surface area (Å²) in [6.07, 6.45) is 4.03. The number of benzene rings is 1. The lowest BCUT2D eigenvalue weighted by Gasteiger charge is -2.46. The van der Waals surface area contributed by atoms with Crippen LogP contribution in [0.1, 0.15) is 45.6 Å². The Bertz CT molecular complexity index is 474. The lowest BCUT2D eigenvalue weighted by Crippen LogP contribution is -2.54. The molecule has 0 heterocycles. The first-order chi connectivity index (χ1) is 9.32. The van der Waals surface area contributed by atoms with Crippen LogP contribution in [0.4, 0.5) is 4.39 Å². The summed E-state index contributed by atoms with van der Waals surface area (Å²) in [7, 11) is 0. The van der Waals surface area contributed by atoms with E-state index in [1.807, 2.05) is 12.1 Å². The number of hydrogen-bond donors (Lipinski definition) is 1. The Morgan fingerprint density at radius 1 is 1.40 bits per heavy atom. The van der Waals surface area contributed by atoms with E-state index >= 15 is 0 Å². The first-order valence-electron chi connectivity index (χ1n) is 7.54. The van der Waals surface area contributed by atoms with Gasteiger partial charge in [0.05, 0.1) is 0 Å². The van der Waals surface area contributed by atoms with E-state index in [-0.39, 0.29) is 11.4 Å². The molecule has 0 aromatic heterocycles. The summed E-state index contributed by atoms with van der Waals surface area (Å²) in [5.74, 6) is 1.51. The number of nitrogens with two attached hydrogens (primary N) is 1. The van der Waals surface area contributed by atoms with Gasteiger partial charge in [-0.15, -0.1) is 0 Å². The summed E-state index contributed by atoms with van der Waals surface area (Å²) in [6.45, 7) is 6.73.